The van der Waals surface area contributed by atoms with Crippen molar-refractivity contribution in [2.24, 2.45) is 0 Å². The van der Waals surface area contributed by atoms with Crippen molar-refractivity contribution < 1.29 is 0 Å². The predicted molar refractivity (Wildman–Crippen MR) is 107 cm³/mol. The Morgan fingerprint density at radius 3 is 2.58 bits per heavy atom. The van der Waals surface area contributed by atoms with E-state index in [2.05, 4.69) is 70.6 Å². The highest BCUT2D eigenvalue weighted by molar-refractivity contribution is 5.79. The molecule has 3 nitrogen and oxygen atoms in total. The Morgan fingerprint density at radius 2 is 1.77 bits per heavy atom. The molecule has 3 aromatic rings. The third-order valence-electron chi connectivity index (χ3n) is 4.57. The summed E-state index contributed by atoms with van der Waals surface area (Å²) >= 11 is 0. The first-order valence-corrected chi connectivity index (χ1v) is 8.59. The molecule has 0 unspecified atom stereocenters. The van der Waals surface area contributed by atoms with E-state index in [1.54, 1.807) is 12.2 Å². The Labute approximate surface area is 153 Å². The van der Waals surface area contributed by atoms with Gasteiger partial charge in [-0.05, 0) is 41.7 Å². The molecular formula is C23H19N3. The summed E-state index contributed by atoms with van der Waals surface area (Å²) in [4.78, 5) is 13.6. The van der Waals surface area contributed by atoms with Gasteiger partial charge in [-0.3, -0.25) is 0 Å². The highest BCUT2D eigenvalue weighted by Gasteiger charge is 2.19. The van der Waals surface area contributed by atoms with Crippen LogP contribution in [-0.4, -0.2) is 15.0 Å². The van der Waals surface area contributed by atoms with Crippen LogP contribution in [0.15, 0.2) is 73.9 Å². The molecule has 0 aliphatic heterocycles. The average molecular weight is 337 g/mol. The highest BCUT2D eigenvalue weighted by atomic mass is 15.0. The van der Waals surface area contributed by atoms with Gasteiger partial charge in [0, 0.05) is 11.1 Å². The first-order chi connectivity index (χ1) is 12.7. The molecule has 3 heteroatoms. The second kappa shape index (κ2) is 6.52. The maximum atomic E-state index is 4.66. The zero-order valence-corrected chi connectivity index (χ0v) is 14.7. The molecule has 0 radical (unpaired) electrons. The summed E-state index contributed by atoms with van der Waals surface area (Å²) < 4.78 is 0. The molecule has 0 saturated heterocycles. The zero-order valence-electron chi connectivity index (χ0n) is 14.7. The number of allylic oxidation sites excluding steroid dienone is 4. The molecule has 1 heterocycles. The van der Waals surface area contributed by atoms with Crippen LogP contribution in [0.5, 0.6) is 0 Å². The van der Waals surface area contributed by atoms with E-state index in [4.69, 9.17) is 0 Å². The molecule has 0 spiro atoms. The quantitative estimate of drug-likeness (QED) is 0.482. The van der Waals surface area contributed by atoms with Gasteiger partial charge in [-0.2, -0.15) is 0 Å². The van der Waals surface area contributed by atoms with E-state index < -0.39 is 0 Å². The summed E-state index contributed by atoms with van der Waals surface area (Å²) in [7, 11) is 0. The Kier molecular flexibility index (Phi) is 4.05. The van der Waals surface area contributed by atoms with E-state index in [1.165, 1.54) is 22.3 Å². The van der Waals surface area contributed by atoms with Crippen molar-refractivity contribution >= 4 is 5.57 Å². The molecule has 1 aromatic heterocycles. The van der Waals surface area contributed by atoms with E-state index >= 15 is 0 Å². The van der Waals surface area contributed by atoms with Crippen molar-refractivity contribution in [3.8, 4) is 22.5 Å². The minimum Gasteiger partial charge on any atom is -0.213 e. The lowest BCUT2D eigenvalue weighted by molar-refractivity contribution is 0.962. The van der Waals surface area contributed by atoms with Gasteiger partial charge in [-0.25, -0.2) is 15.0 Å². The van der Waals surface area contributed by atoms with E-state index in [9.17, 15) is 0 Å². The predicted octanol–water partition coefficient (Wildman–Crippen LogP) is 5.17. The van der Waals surface area contributed by atoms with E-state index in [0.717, 1.165) is 17.6 Å². The molecule has 0 saturated carbocycles. The Hall–Kier alpha value is -3.33. The highest BCUT2D eigenvalue weighted by Crippen LogP contribution is 2.38. The number of nitrogens with zero attached hydrogens (tertiary/aromatic N) is 3. The van der Waals surface area contributed by atoms with Crippen molar-refractivity contribution in [1.29, 1.82) is 0 Å². The number of hydrogen-bond donors (Lipinski definition) is 0. The number of rotatable bonds is 4. The summed E-state index contributed by atoms with van der Waals surface area (Å²) in [5, 5.41) is 0. The SMILES string of the molecule is C=C/C=C(\C=C)c1nc(C)nc(-c2ccc3c(c2)Cc2ccccc2-3)n1. The fourth-order valence-electron chi connectivity index (χ4n) is 3.39. The van der Waals surface area contributed by atoms with Crippen molar-refractivity contribution in [3.63, 3.8) is 0 Å². The van der Waals surface area contributed by atoms with Crippen LogP contribution in [0.1, 0.15) is 22.8 Å². The van der Waals surface area contributed by atoms with Crippen molar-refractivity contribution in [2.75, 3.05) is 0 Å². The second-order valence-corrected chi connectivity index (χ2v) is 6.30. The fourth-order valence-corrected chi connectivity index (χ4v) is 3.39. The lowest BCUT2D eigenvalue weighted by Gasteiger charge is -2.08. The van der Waals surface area contributed by atoms with Crippen molar-refractivity contribution in [3.05, 3.63) is 96.6 Å². The largest absolute Gasteiger partial charge is 0.213 e. The fraction of sp³-hybridized carbons (Fsp3) is 0.0870. The number of benzene rings is 2. The number of aryl methyl sites for hydroxylation is 1. The normalized spacial score (nSPS) is 12.4. The molecule has 0 N–H and O–H groups in total. The first-order valence-electron chi connectivity index (χ1n) is 8.59. The van der Waals surface area contributed by atoms with Crippen LogP contribution in [0.4, 0.5) is 0 Å². The van der Waals surface area contributed by atoms with Crippen molar-refractivity contribution in [2.45, 2.75) is 13.3 Å². The van der Waals surface area contributed by atoms with Gasteiger partial charge >= 0.3 is 0 Å². The number of hydrogen-bond acceptors (Lipinski definition) is 3. The molecule has 0 atom stereocenters. The van der Waals surface area contributed by atoms with Crippen LogP contribution >= 0.6 is 0 Å². The molecule has 1 aliphatic rings. The van der Waals surface area contributed by atoms with Crippen LogP contribution < -0.4 is 0 Å². The number of fused-ring (bicyclic) bond motifs is 3. The summed E-state index contributed by atoms with van der Waals surface area (Å²) in [6.07, 6.45) is 6.25. The Morgan fingerprint density at radius 1 is 0.962 bits per heavy atom. The molecule has 1 aliphatic carbocycles. The average Bonchev–Trinajstić information content (AvgIpc) is 3.03. The Balaban J connectivity index is 1.79. The van der Waals surface area contributed by atoms with Crippen molar-refractivity contribution in [1.82, 2.24) is 15.0 Å². The monoisotopic (exact) mass is 337 g/mol. The summed E-state index contributed by atoms with van der Waals surface area (Å²) in [6.45, 7) is 9.46. The molecule has 26 heavy (non-hydrogen) atoms. The van der Waals surface area contributed by atoms with Crippen LogP contribution in [0.25, 0.3) is 28.1 Å². The Bertz CT molecular complexity index is 1060. The van der Waals surface area contributed by atoms with E-state index in [0.29, 0.717) is 17.5 Å². The molecule has 2 aromatic carbocycles. The van der Waals surface area contributed by atoms with Crippen LogP contribution in [0.2, 0.25) is 0 Å². The van der Waals surface area contributed by atoms with Crippen LogP contribution in [0.3, 0.4) is 0 Å². The zero-order chi connectivity index (χ0) is 18.1. The van der Waals surface area contributed by atoms with Gasteiger partial charge in [0.25, 0.3) is 0 Å². The second-order valence-electron chi connectivity index (χ2n) is 6.30. The first kappa shape index (κ1) is 16.2. The van der Waals surface area contributed by atoms with Gasteiger partial charge in [0.2, 0.25) is 0 Å². The van der Waals surface area contributed by atoms with Gasteiger partial charge < -0.3 is 0 Å². The lowest BCUT2D eigenvalue weighted by atomic mass is 10.0. The lowest BCUT2D eigenvalue weighted by Crippen LogP contribution is -2.02. The minimum absolute atomic E-state index is 0.617. The molecule has 0 fully saturated rings. The third-order valence-corrected chi connectivity index (χ3v) is 4.57. The smallest absolute Gasteiger partial charge is 0.163 e. The topological polar surface area (TPSA) is 38.7 Å². The van der Waals surface area contributed by atoms with Crippen LogP contribution in [-0.2, 0) is 6.42 Å². The minimum atomic E-state index is 0.617. The van der Waals surface area contributed by atoms with Gasteiger partial charge in [0.05, 0.1) is 0 Å². The molecule has 126 valence electrons. The van der Waals surface area contributed by atoms with Gasteiger partial charge in [0.15, 0.2) is 11.6 Å². The molecule has 0 bridgehead atoms. The number of aromatic nitrogens is 3. The maximum Gasteiger partial charge on any atom is 0.163 e. The summed E-state index contributed by atoms with van der Waals surface area (Å²) in [5.41, 5.74) is 7.15. The van der Waals surface area contributed by atoms with Gasteiger partial charge in [-0.15, -0.1) is 0 Å². The summed E-state index contributed by atoms with van der Waals surface area (Å²) in [5.74, 6) is 1.99. The maximum absolute atomic E-state index is 4.66. The standard InChI is InChI=1S/C23H19N3/c1-4-8-16(5-2)22-24-15(3)25-23(26-22)18-11-12-21-19(14-18)13-17-9-6-7-10-20(17)21/h4-12,14H,1-2,13H2,3H3/b16-8+. The molecule has 4 rings (SSSR count). The van der Waals surface area contributed by atoms with Gasteiger partial charge in [-0.1, -0.05) is 67.8 Å². The van der Waals surface area contributed by atoms with Gasteiger partial charge in [0.1, 0.15) is 5.82 Å². The molecular weight excluding hydrogens is 318 g/mol. The van der Waals surface area contributed by atoms with E-state index in [-0.39, 0.29) is 0 Å². The van der Waals surface area contributed by atoms with Crippen LogP contribution in [0, 0.1) is 6.92 Å². The van der Waals surface area contributed by atoms with E-state index in [1.807, 2.05) is 13.0 Å². The third kappa shape index (κ3) is 2.78. The molecule has 0 amide bonds. The summed E-state index contributed by atoms with van der Waals surface area (Å²) in [6, 6.07) is 15.0.